The summed E-state index contributed by atoms with van der Waals surface area (Å²) in [5.74, 6) is -4.68. The number of nitro groups is 1. The monoisotopic (exact) mass is 349 g/mol. The third kappa shape index (κ3) is 4.08. The number of hydrogen-bond donors (Lipinski definition) is 0. The molecule has 0 saturated heterocycles. The molecule has 0 aliphatic carbocycles. The van der Waals surface area contributed by atoms with Gasteiger partial charge in [0, 0.05) is 20.5 Å². The molecule has 0 aliphatic heterocycles. The molecular weight excluding hydrogens is 337 g/mol. The molecule has 0 heterocycles. The van der Waals surface area contributed by atoms with Gasteiger partial charge in [0.25, 0.3) is 0 Å². The Morgan fingerprint density at radius 1 is 1.18 bits per heavy atom. The van der Waals surface area contributed by atoms with Crippen LogP contribution in [-0.4, -0.2) is 37.6 Å². The highest BCUT2D eigenvalue weighted by Crippen LogP contribution is 2.37. The summed E-state index contributed by atoms with van der Waals surface area (Å²) < 4.78 is 9.10. The summed E-state index contributed by atoms with van der Waals surface area (Å²) >= 11 is 12.1. The highest BCUT2D eigenvalue weighted by molar-refractivity contribution is 6.36. The minimum absolute atomic E-state index is 0.108. The molecule has 0 radical (unpaired) electrons. The van der Waals surface area contributed by atoms with Gasteiger partial charge >= 0.3 is 11.9 Å². The highest BCUT2D eigenvalue weighted by atomic mass is 35.5. The van der Waals surface area contributed by atoms with Gasteiger partial charge in [-0.1, -0.05) is 29.3 Å². The molecule has 1 aromatic rings. The molecule has 1 rings (SSSR count). The molecule has 0 fully saturated rings. The second-order valence-electron chi connectivity index (χ2n) is 4.28. The van der Waals surface area contributed by atoms with Gasteiger partial charge in [-0.2, -0.15) is 0 Å². The van der Waals surface area contributed by atoms with Crippen molar-refractivity contribution in [3.8, 4) is 0 Å². The molecule has 22 heavy (non-hydrogen) atoms. The molecule has 120 valence electrons. The number of benzene rings is 1. The average Bonchev–Trinajstić information content (AvgIpc) is 2.45. The Morgan fingerprint density at radius 2 is 1.64 bits per heavy atom. The minimum Gasteiger partial charge on any atom is -0.468 e. The van der Waals surface area contributed by atoms with E-state index in [9.17, 15) is 19.7 Å². The molecular formula is C13H13Cl2NO6. The number of carbonyl (C=O) groups is 2. The maximum atomic E-state index is 11.9. The maximum absolute atomic E-state index is 11.9. The summed E-state index contributed by atoms with van der Waals surface area (Å²) in [5, 5.41) is 11.2. The van der Waals surface area contributed by atoms with E-state index in [1.54, 1.807) is 6.07 Å². The summed E-state index contributed by atoms with van der Waals surface area (Å²) in [7, 11) is 2.13. The van der Waals surface area contributed by atoms with Crippen molar-refractivity contribution >= 4 is 35.1 Å². The highest BCUT2D eigenvalue weighted by Gasteiger charge is 2.42. The zero-order valence-electron chi connectivity index (χ0n) is 11.7. The van der Waals surface area contributed by atoms with E-state index < -0.39 is 35.2 Å². The van der Waals surface area contributed by atoms with Crippen LogP contribution in [-0.2, 0) is 19.1 Å². The van der Waals surface area contributed by atoms with Gasteiger partial charge in [0.05, 0.1) is 20.1 Å². The zero-order valence-corrected chi connectivity index (χ0v) is 13.3. The van der Waals surface area contributed by atoms with E-state index in [1.165, 1.54) is 12.1 Å². The first-order valence-electron chi connectivity index (χ1n) is 6.04. The summed E-state index contributed by atoms with van der Waals surface area (Å²) in [6, 6.07) is 4.46. The number of nitrogens with zero attached hydrogens (tertiary/aromatic N) is 1. The van der Waals surface area contributed by atoms with E-state index in [1.807, 2.05) is 0 Å². The molecule has 9 heteroatoms. The van der Waals surface area contributed by atoms with Gasteiger partial charge in [-0.05, 0) is 12.1 Å². The van der Waals surface area contributed by atoms with Crippen molar-refractivity contribution in [2.45, 2.75) is 5.92 Å². The molecule has 0 aromatic heterocycles. The van der Waals surface area contributed by atoms with Crippen molar-refractivity contribution in [1.29, 1.82) is 0 Å². The third-order valence-electron chi connectivity index (χ3n) is 3.03. The van der Waals surface area contributed by atoms with Crippen LogP contribution in [0.5, 0.6) is 0 Å². The van der Waals surface area contributed by atoms with Crippen LogP contribution < -0.4 is 0 Å². The second kappa shape index (κ2) is 7.95. The number of rotatable bonds is 6. The van der Waals surface area contributed by atoms with Gasteiger partial charge in [0.1, 0.15) is 0 Å². The normalized spacial score (nSPS) is 11.9. The van der Waals surface area contributed by atoms with E-state index in [-0.39, 0.29) is 15.6 Å². The largest absolute Gasteiger partial charge is 0.468 e. The van der Waals surface area contributed by atoms with Crippen LogP contribution in [0.15, 0.2) is 18.2 Å². The van der Waals surface area contributed by atoms with Crippen molar-refractivity contribution in [1.82, 2.24) is 0 Å². The molecule has 1 unspecified atom stereocenters. The summed E-state index contributed by atoms with van der Waals surface area (Å²) in [6.45, 7) is -0.738. The van der Waals surface area contributed by atoms with Gasteiger partial charge < -0.3 is 9.47 Å². The number of hydrogen-bond acceptors (Lipinski definition) is 6. The van der Waals surface area contributed by atoms with Gasteiger partial charge in [0.2, 0.25) is 6.54 Å². The topological polar surface area (TPSA) is 95.7 Å². The molecule has 0 saturated carbocycles. The number of esters is 2. The fourth-order valence-electron chi connectivity index (χ4n) is 2.07. The number of halogens is 2. The Balaban J connectivity index is 3.46. The first-order valence-corrected chi connectivity index (χ1v) is 6.80. The fourth-order valence-corrected chi connectivity index (χ4v) is 2.75. The van der Waals surface area contributed by atoms with Crippen LogP contribution in [0.4, 0.5) is 0 Å². The van der Waals surface area contributed by atoms with Crippen molar-refractivity contribution in [3.63, 3.8) is 0 Å². The minimum atomic E-state index is -1.54. The van der Waals surface area contributed by atoms with Crippen LogP contribution >= 0.6 is 23.2 Å². The molecule has 0 spiro atoms. The zero-order chi connectivity index (χ0) is 16.9. The van der Waals surface area contributed by atoms with Crippen LogP contribution in [0.3, 0.4) is 0 Å². The Morgan fingerprint density at radius 3 is 2.00 bits per heavy atom. The molecule has 1 atom stereocenters. The molecule has 1 aromatic carbocycles. The lowest BCUT2D eigenvalue weighted by Crippen LogP contribution is -2.35. The smallest absolute Gasteiger partial charge is 0.320 e. The Bertz CT molecular complexity index is 556. The molecule has 7 nitrogen and oxygen atoms in total. The standard InChI is InChI=1S/C13H13Cl2NO6/c1-21-12(17)11(13(18)22-2)7(6-16(19)20)10-8(14)4-3-5-9(10)15/h3-5,7,11H,6H2,1-2H3. The average molecular weight is 350 g/mol. The predicted molar refractivity (Wildman–Crippen MR) is 78.6 cm³/mol. The maximum Gasteiger partial charge on any atom is 0.320 e. The Kier molecular flexibility index (Phi) is 6.58. The van der Waals surface area contributed by atoms with Crippen LogP contribution in [0.2, 0.25) is 10.0 Å². The number of methoxy groups -OCH3 is 2. The van der Waals surface area contributed by atoms with E-state index in [0.717, 1.165) is 14.2 Å². The SMILES string of the molecule is COC(=O)C(C(=O)OC)C(C[N+](=O)[O-])c1c(Cl)cccc1Cl. The summed E-state index contributed by atoms with van der Waals surface area (Å²) in [4.78, 5) is 34.1. The number of carbonyl (C=O) groups excluding carboxylic acids is 2. The van der Waals surface area contributed by atoms with Crippen LogP contribution in [0.25, 0.3) is 0 Å². The van der Waals surface area contributed by atoms with Gasteiger partial charge in [-0.3, -0.25) is 19.7 Å². The second-order valence-corrected chi connectivity index (χ2v) is 5.10. The van der Waals surface area contributed by atoms with Crippen molar-refractivity contribution in [3.05, 3.63) is 43.9 Å². The lowest BCUT2D eigenvalue weighted by atomic mass is 9.85. The van der Waals surface area contributed by atoms with Gasteiger partial charge in [0.15, 0.2) is 5.92 Å². The number of ether oxygens (including phenoxy) is 2. The first-order chi connectivity index (χ1) is 10.3. The molecule has 0 amide bonds. The van der Waals surface area contributed by atoms with Gasteiger partial charge in [-0.25, -0.2) is 0 Å². The Labute approximate surface area is 136 Å². The lowest BCUT2D eigenvalue weighted by Gasteiger charge is -2.22. The van der Waals surface area contributed by atoms with E-state index in [2.05, 4.69) is 9.47 Å². The van der Waals surface area contributed by atoms with Crippen molar-refractivity contribution in [2.24, 2.45) is 5.92 Å². The van der Waals surface area contributed by atoms with Crippen LogP contribution in [0.1, 0.15) is 11.5 Å². The summed E-state index contributed by atoms with van der Waals surface area (Å²) in [6.07, 6.45) is 0. The van der Waals surface area contributed by atoms with Crippen LogP contribution in [0, 0.1) is 16.0 Å². The molecule has 0 aliphatic rings. The van der Waals surface area contributed by atoms with E-state index in [4.69, 9.17) is 23.2 Å². The Hall–Kier alpha value is -1.86. The quantitative estimate of drug-likeness (QED) is 0.338. The third-order valence-corrected chi connectivity index (χ3v) is 3.69. The fraction of sp³-hybridized carbons (Fsp3) is 0.385. The van der Waals surface area contributed by atoms with Crippen molar-refractivity contribution in [2.75, 3.05) is 20.8 Å². The van der Waals surface area contributed by atoms with Gasteiger partial charge in [-0.15, -0.1) is 0 Å². The molecule has 0 bridgehead atoms. The first kappa shape index (κ1) is 18.2. The van der Waals surface area contributed by atoms with E-state index >= 15 is 0 Å². The lowest BCUT2D eigenvalue weighted by molar-refractivity contribution is -0.484. The molecule has 0 N–H and O–H groups in total. The van der Waals surface area contributed by atoms with Crippen molar-refractivity contribution < 1.29 is 24.0 Å². The predicted octanol–water partition coefficient (Wildman–Crippen LogP) is 2.32. The summed E-state index contributed by atoms with van der Waals surface area (Å²) in [5.41, 5.74) is 0.128. The van der Waals surface area contributed by atoms with E-state index in [0.29, 0.717) is 0 Å².